The Morgan fingerprint density at radius 2 is 1.90 bits per heavy atom. The van der Waals surface area contributed by atoms with Crippen LogP contribution in [0.4, 0.5) is 0 Å². The molecule has 0 bridgehead atoms. The average molecular weight is 393 g/mol. The van der Waals surface area contributed by atoms with E-state index >= 15 is 0 Å². The summed E-state index contributed by atoms with van der Waals surface area (Å²) in [5, 5.41) is 11.0. The van der Waals surface area contributed by atoms with Crippen molar-refractivity contribution in [2.45, 2.75) is 50.0 Å². The number of rotatable bonds is 5. The first-order valence-electron chi connectivity index (χ1n) is 10.7. The van der Waals surface area contributed by atoms with Crippen molar-refractivity contribution in [3.05, 3.63) is 71.3 Å². The van der Waals surface area contributed by atoms with Crippen LogP contribution < -0.4 is 5.73 Å². The van der Waals surface area contributed by atoms with E-state index in [1.807, 2.05) is 18.2 Å². The van der Waals surface area contributed by atoms with E-state index in [1.165, 1.54) is 11.1 Å². The van der Waals surface area contributed by atoms with Crippen molar-refractivity contribution in [2.24, 2.45) is 11.7 Å². The molecular weight excluding hydrogens is 360 g/mol. The van der Waals surface area contributed by atoms with Gasteiger partial charge in [-0.1, -0.05) is 56.3 Å². The Bertz CT molecular complexity index is 875. The molecule has 2 aromatic carbocycles. The second-order valence-electron chi connectivity index (χ2n) is 9.49. The van der Waals surface area contributed by atoms with Gasteiger partial charge in [-0.05, 0) is 66.3 Å². The smallest absolute Gasteiger partial charge is 0.248 e. The van der Waals surface area contributed by atoms with E-state index in [1.54, 1.807) is 6.07 Å². The maximum atomic E-state index is 11.6. The molecule has 1 saturated carbocycles. The van der Waals surface area contributed by atoms with E-state index in [9.17, 15) is 9.90 Å². The van der Waals surface area contributed by atoms with Gasteiger partial charge in [-0.25, -0.2) is 0 Å². The molecule has 2 fully saturated rings. The molecule has 0 aromatic heterocycles. The largest absolute Gasteiger partial charge is 0.389 e. The van der Waals surface area contributed by atoms with Gasteiger partial charge in [-0.3, -0.25) is 4.79 Å². The molecule has 2 aromatic rings. The van der Waals surface area contributed by atoms with Gasteiger partial charge in [0.2, 0.25) is 5.91 Å². The number of hydrogen-bond donors (Lipinski definition) is 2. The van der Waals surface area contributed by atoms with Crippen LogP contribution in [0.2, 0.25) is 0 Å². The number of benzene rings is 2. The molecule has 0 radical (unpaired) electrons. The molecular formula is C25H32N2O2. The van der Waals surface area contributed by atoms with E-state index in [4.69, 9.17) is 5.73 Å². The summed E-state index contributed by atoms with van der Waals surface area (Å²) < 4.78 is 0. The van der Waals surface area contributed by atoms with Crippen LogP contribution in [0.15, 0.2) is 54.6 Å². The SMILES string of the molecule is C[C@H]1CN(CC2(O)CC(c3ccccc3)C2)CC[C@@]1(C)c1cccc(C(N)=O)c1. The van der Waals surface area contributed by atoms with Crippen molar-refractivity contribution in [1.82, 2.24) is 4.90 Å². The fourth-order valence-electron chi connectivity index (χ4n) is 5.28. The molecule has 2 aliphatic rings. The summed E-state index contributed by atoms with van der Waals surface area (Å²) in [5.74, 6) is 0.527. The summed E-state index contributed by atoms with van der Waals surface area (Å²) in [4.78, 5) is 14.0. The lowest BCUT2D eigenvalue weighted by Gasteiger charge is -2.50. The Kier molecular flexibility index (Phi) is 5.26. The Balaban J connectivity index is 1.38. The van der Waals surface area contributed by atoms with Crippen LogP contribution >= 0.6 is 0 Å². The molecule has 4 rings (SSSR count). The quantitative estimate of drug-likeness (QED) is 0.815. The van der Waals surface area contributed by atoms with Crippen molar-refractivity contribution in [3.63, 3.8) is 0 Å². The van der Waals surface area contributed by atoms with Gasteiger partial charge in [-0.15, -0.1) is 0 Å². The topological polar surface area (TPSA) is 66.6 Å². The summed E-state index contributed by atoms with van der Waals surface area (Å²) in [7, 11) is 0. The second kappa shape index (κ2) is 7.58. The zero-order chi connectivity index (χ0) is 20.6. The van der Waals surface area contributed by atoms with Gasteiger partial charge in [0.05, 0.1) is 5.60 Å². The molecule has 1 heterocycles. The third kappa shape index (κ3) is 3.96. The minimum Gasteiger partial charge on any atom is -0.389 e. The van der Waals surface area contributed by atoms with E-state index < -0.39 is 5.60 Å². The average Bonchev–Trinajstić information content (AvgIpc) is 2.69. The van der Waals surface area contributed by atoms with Gasteiger partial charge in [-0.2, -0.15) is 0 Å². The lowest BCUT2D eigenvalue weighted by atomic mass is 9.65. The van der Waals surface area contributed by atoms with Crippen molar-refractivity contribution in [3.8, 4) is 0 Å². The van der Waals surface area contributed by atoms with Gasteiger partial charge in [0.15, 0.2) is 0 Å². The van der Waals surface area contributed by atoms with Crippen LogP contribution in [0.25, 0.3) is 0 Å². The maximum absolute atomic E-state index is 11.6. The highest BCUT2D eigenvalue weighted by Gasteiger charge is 2.46. The predicted octanol–water partition coefficient (Wildman–Crippen LogP) is 3.69. The zero-order valence-electron chi connectivity index (χ0n) is 17.5. The van der Waals surface area contributed by atoms with E-state index in [0.717, 1.165) is 38.9 Å². The summed E-state index contributed by atoms with van der Waals surface area (Å²) in [6, 6.07) is 18.3. The number of nitrogens with zero attached hydrogens (tertiary/aromatic N) is 1. The molecule has 4 nitrogen and oxygen atoms in total. The number of hydrogen-bond acceptors (Lipinski definition) is 3. The molecule has 29 heavy (non-hydrogen) atoms. The zero-order valence-corrected chi connectivity index (χ0v) is 17.5. The van der Waals surface area contributed by atoms with E-state index in [-0.39, 0.29) is 11.3 Å². The lowest BCUT2D eigenvalue weighted by Crippen LogP contribution is -2.56. The number of likely N-dealkylation sites (tertiary alicyclic amines) is 1. The molecule has 1 saturated heterocycles. The Labute approximate surface area is 173 Å². The third-order valence-corrected chi connectivity index (χ3v) is 7.42. The molecule has 1 aliphatic carbocycles. The number of nitrogens with two attached hydrogens (primary N) is 1. The van der Waals surface area contributed by atoms with Crippen LogP contribution in [0.1, 0.15) is 60.5 Å². The first-order valence-corrected chi connectivity index (χ1v) is 10.7. The summed E-state index contributed by atoms with van der Waals surface area (Å²) in [5.41, 5.74) is 8.03. The molecule has 4 heteroatoms. The standard InChI is InChI=1S/C25H32N2O2/c1-18-16-27(17-25(29)14-21(15-25)19-7-4-3-5-8-19)12-11-24(18,2)22-10-6-9-20(13-22)23(26)28/h3-10,13,18,21,29H,11-12,14-17H2,1-2H3,(H2,26,28)/t18-,21?,24+,25?/m0/s1. The van der Waals surface area contributed by atoms with Gasteiger partial charge in [0.1, 0.15) is 0 Å². The highest BCUT2D eigenvalue weighted by atomic mass is 16.3. The number of amides is 1. The molecule has 3 N–H and O–H groups in total. The maximum Gasteiger partial charge on any atom is 0.248 e. The number of carbonyl (C=O) groups is 1. The molecule has 1 amide bonds. The first-order chi connectivity index (χ1) is 13.8. The number of aliphatic hydroxyl groups is 1. The highest BCUT2D eigenvalue weighted by molar-refractivity contribution is 5.92. The first kappa shape index (κ1) is 20.1. The number of carbonyl (C=O) groups excluding carboxylic acids is 1. The van der Waals surface area contributed by atoms with Gasteiger partial charge in [0, 0.05) is 18.7 Å². The summed E-state index contributed by atoms with van der Waals surface area (Å²) >= 11 is 0. The number of piperidine rings is 1. The van der Waals surface area contributed by atoms with Crippen molar-refractivity contribution in [2.75, 3.05) is 19.6 Å². The lowest BCUT2D eigenvalue weighted by molar-refractivity contribution is -0.0815. The predicted molar refractivity (Wildman–Crippen MR) is 116 cm³/mol. The third-order valence-electron chi connectivity index (χ3n) is 7.42. The van der Waals surface area contributed by atoms with E-state index in [0.29, 0.717) is 17.4 Å². The van der Waals surface area contributed by atoms with Crippen LogP contribution in [0.5, 0.6) is 0 Å². The van der Waals surface area contributed by atoms with Crippen LogP contribution in [-0.4, -0.2) is 41.1 Å². The second-order valence-corrected chi connectivity index (χ2v) is 9.49. The Morgan fingerprint density at radius 1 is 1.17 bits per heavy atom. The van der Waals surface area contributed by atoms with Crippen molar-refractivity contribution in [1.29, 1.82) is 0 Å². The minimum absolute atomic E-state index is 0.0107. The summed E-state index contributed by atoms with van der Waals surface area (Å²) in [6.45, 7) is 7.23. The fourth-order valence-corrected chi connectivity index (χ4v) is 5.28. The molecule has 1 aliphatic heterocycles. The van der Waals surface area contributed by atoms with Gasteiger partial charge >= 0.3 is 0 Å². The van der Waals surface area contributed by atoms with Crippen LogP contribution in [0, 0.1) is 5.92 Å². The van der Waals surface area contributed by atoms with E-state index in [2.05, 4.69) is 49.1 Å². The molecule has 2 atom stereocenters. The highest BCUT2D eigenvalue weighted by Crippen LogP contribution is 2.46. The Hall–Kier alpha value is -2.17. The van der Waals surface area contributed by atoms with Gasteiger partial charge < -0.3 is 15.7 Å². The summed E-state index contributed by atoms with van der Waals surface area (Å²) in [6.07, 6.45) is 2.70. The number of β-amino-alcohol motifs (C(OH)–C–C–N with tert-alkyl or cyclic N) is 1. The van der Waals surface area contributed by atoms with Gasteiger partial charge in [0.25, 0.3) is 0 Å². The molecule has 0 spiro atoms. The normalized spacial score (nSPS) is 32.5. The van der Waals surface area contributed by atoms with Crippen LogP contribution in [-0.2, 0) is 5.41 Å². The number of primary amides is 1. The molecule has 0 unspecified atom stereocenters. The van der Waals surface area contributed by atoms with Crippen molar-refractivity contribution < 1.29 is 9.90 Å². The van der Waals surface area contributed by atoms with Crippen LogP contribution in [0.3, 0.4) is 0 Å². The minimum atomic E-state index is -0.570. The fraction of sp³-hybridized carbons (Fsp3) is 0.480. The van der Waals surface area contributed by atoms with Crippen molar-refractivity contribution >= 4 is 5.91 Å². The Morgan fingerprint density at radius 3 is 2.55 bits per heavy atom. The monoisotopic (exact) mass is 392 g/mol. The molecule has 154 valence electrons.